The van der Waals surface area contributed by atoms with E-state index in [4.69, 9.17) is 4.42 Å². The average Bonchev–Trinajstić information content (AvgIpc) is 3.34. The molecule has 1 aliphatic heterocycles. The lowest BCUT2D eigenvalue weighted by Gasteiger charge is -2.20. The fourth-order valence-corrected chi connectivity index (χ4v) is 6.43. The number of pyridine rings is 1. The van der Waals surface area contributed by atoms with E-state index in [2.05, 4.69) is 19.9 Å². The van der Waals surface area contributed by atoms with Crippen molar-refractivity contribution in [3.8, 4) is 11.3 Å². The van der Waals surface area contributed by atoms with Crippen LogP contribution in [0.5, 0.6) is 0 Å². The Morgan fingerprint density at radius 2 is 1.71 bits per heavy atom. The molecular formula is C29H26F4N4O4S. The van der Waals surface area contributed by atoms with Crippen LogP contribution in [-0.4, -0.2) is 37.9 Å². The number of amides is 1. The quantitative estimate of drug-likeness (QED) is 0.263. The summed E-state index contributed by atoms with van der Waals surface area (Å²) >= 11 is 0. The molecule has 0 unspecified atom stereocenters. The molecule has 1 saturated heterocycles. The predicted octanol–water partition coefficient (Wildman–Crippen LogP) is 5.38. The van der Waals surface area contributed by atoms with Crippen molar-refractivity contribution in [1.82, 2.24) is 15.0 Å². The zero-order valence-electron chi connectivity index (χ0n) is 22.2. The van der Waals surface area contributed by atoms with Crippen molar-refractivity contribution in [2.24, 2.45) is 0 Å². The summed E-state index contributed by atoms with van der Waals surface area (Å²) in [6.07, 6.45) is -1.93. The van der Waals surface area contributed by atoms with Gasteiger partial charge in [0.05, 0.1) is 11.3 Å². The van der Waals surface area contributed by atoms with E-state index < -0.39 is 44.1 Å². The second-order valence-corrected chi connectivity index (χ2v) is 12.2. The Bertz CT molecular complexity index is 1760. The Kier molecular flexibility index (Phi) is 6.97. The summed E-state index contributed by atoms with van der Waals surface area (Å²) in [5.74, 6) is -0.412. The second-order valence-electron chi connectivity index (χ2n) is 10.6. The number of rotatable bonds is 8. The zero-order chi connectivity index (χ0) is 29.7. The third-order valence-electron chi connectivity index (χ3n) is 7.50. The highest BCUT2D eigenvalue weighted by molar-refractivity contribution is 7.89. The van der Waals surface area contributed by atoms with Crippen molar-refractivity contribution in [3.05, 3.63) is 77.6 Å². The van der Waals surface area contributed by atoms with Gasteiger partial charge in [0.1, 0.15) is 22.8 Å². The molecule has 0 bridgehead atoms. The zero-order valence-corrected chi connectivity index (χ0v) is 23.0. The highest BCUT2D eigenvalue weighted by atomic mass is 32.2. The molecule has 2 aromatic carbocycles. The maximum absolute atomic E-state index is 13.5. The van der Waals surface area contributed by atoms with E-state index in [1.807, 2.05) is 6.07 Å². The first kappa shape index (κ1) is 28.2. The molecule has 1 saturated carbocycles. The molecule has 6 rings (SSSR count). The van der Waals surface area contributed by atoms with Gasteiger partial charge in [0.15, 0.2) is 0 Å². The normalized spacial score (nSPS) is 16.6. The van der Waals surface area contributed by atoms with Gasteiger partial charge in [0.2, 0.25) is 11.0 Å². The Morgan fingerprint density at radius 1 is 1.00 bits per heavy atom. The largest absolute Gasteiger partial charge is 0.443 e. The van der Waals surface area contributed by atoms with Gasteiger partial charge in [-0.05, 0) is 73.7 Å². The first-order valence-electron chi connectivity index (χ1n) is 13.4. The van der Waals surface area contributed by atoms with Gasteiger partial charge in [0, 0.05) is 36.7 Å². The monoisotopic (exact) mass is 602 g/mol. The maximum Gasteiger partial charge on any atom is 0.416 e. The molecule has 1 amide bonds. The van der Waals surface area contributed by atoms with E-state index in [1.54, 1.807) is 6.07 Å². The molecule has 2 aliphatic rings. The van der Waals surface area contributed by atoms with Crippen LogP contribution in [0.15, 0.2) is 70.2 Å². The maximum atomic E-state index is 13.5. The number of furan rings is 1. The van der Waals surface area contributed by atoms with Gasteiger partial charge < -0.3 is 14.6 Å². The number of hydrogen-bond acceptors (Lipinski definition) is 6. The Hall–Kier alpha value is -3.97. The molecule has 13 heteroatoms. The van der Waals surface area contributed by atoms with Gasteiger partial charge in [0.25, 0.3) is 10.0 Å². The van der Waals surface area contributed by atoms with Gasteiger partial charge >= 0.3 is 6.18 Å². The topological polar surface area (TPSA) is 105 Å². The van der Waals surface area contributed by atoms with Crippen LogP contribution >= 0.6 is 0 Å². The number of nitrogens with one attached hydrogen (secondary N) is 2. The smallest absolute Gasteiger partial charge is 0.416 e. The van der Waals surface area contributed by atoms with Crippen LogP contribution in [0.25, 0.3) is 22.2 Å². The van der Waals surface area contributed by atoms with Gasteiger partial charge in [-0.1, -0.05) is 12.1 Å². The molecule has 2 N–H and O–H groups in total. The van der Waals surface area contributed by atoms with E-state index in [0.29, 0.717) is 22.6 Å². The molecule has 1 aliphatic carbocycles. The lowest BCUT2D eigenvalue weighted by Crippen LogP contribution is -2.48. The lowest BCUT2D eigenvalue weighted by molar-refractivity contribution is -0.137. The summed E-state index contributed by atoms with van der Waals surface area (Å²) in [5.41, 5.74) is -0.310. The third-order valence-corrected chi connectivity index (χ3v) is 8.89. The Morgan fingerprint density at radius 3 is 2.38 bits per heavy atom. The molecular weight excluding hydrogens is 576 g/mol. The van der Waals surface area contributed by atoms with E-state index in [0.717, 1.165) is 50.2 Å². The first-order chi connectivity index (χ1) is 19.9. The summed E-state index contributed by atoms with van der Waals surface area (Å²) in [7, 11) is -4.23. The molecule has 220 valence electrons. The van der Waals surface area contributed by atoms with E-state index in [-0.39, 0.29) is 30.4 Å². The fraction of sp³-hybridized carbons (Fsp3) is 0.310. The molecule has 0 spiro atoms. The molecule has 2 aromatic heterocycles. The van der Waals surface area contributed by atoms with Crippen LogP contribution in [0.2, 0.25) is 0 Å². The van der Waals surface area contributed by atoms with Crippen LogP contribution in [0.4, 0.5) is 23.4 Å². The van der Waals surface area contributed by atoms with E-state index in [9.17, 15) is 30.8 Å². The number of hydrogen-bond donors (Lipinski definition) is 2. The van der Waals surface area contributed by atoms with Crippen molar-refractivity contribution in [2.45, 2.75) is 49.0 Å². The predicted molar refractivity (Wildman–Crippen MR) is 146 cm³/mol. The molecule has 4 aromatic rings. The lowest BCUT2D eigenvalue weighted by atomic mass is 10.1. The van der Waals surface area contributed by atoms with Gasteiger partial charge in [-0.15, -0.1) is 0 Å². The van der Waals surface area contributed by atoms with Crippen molar-refractivity contribution in [1.29, 1.82) is 0 Å². The number of aromatic nitrogens is 1. The van der Waals surface area contributed by atoms with Gasteiger partial charge in [-0.2, -0.15) is 17.9 Å². The average molecular weight is 603 g/mol. The minimum Gasteiger partial charge on any atom is -0.443 e. The Balaban J connectivity index is 1.20. The SMILES string of the molecule is O=C(NCc1cc(-c2ccc(C(F)(F)F)cc2)nc(N2CCCC2)c1)C1(NS(=O)(=O)c2cc3cc(F)ccc3o2)CC1. The number of benzene rings is 2. The van der Waals surface area contributed by atoms with Crippen molar-refractivity contribution >= 4 is 32.7 Å². The number of alkyl halides is 3. The van der Waals surface area contributed by atoms with Crippen molar-refractivity contribution in [2.75, 3.05) is 18.0 Å². The number of fused-ring (bicyclic) bond motifs is 1. The summed E-state index contributed by atoms with van der Waals surface area (Å²) in [5, 5.41) is 2.65. The van der Waals surface area contributed by atoms with Crippen LogP contribution in [0, 0.1) is 5.82 Å². The molecule has 0 radical (unpaired) electrons. The fourth-order valence-electron chi connectivity index (χ4n) is 5.04. The van der Waals surface area contributed by atoms with Crippen molar-refractivity contribution in [3.63, 3.8) is 0 Å². The first-order valence-corrected chi connectivity index (χ1v) is 14.9. The van der Waals surface area contributed by atoms with Gasteiger partial charge in [-0.3, -0.25) is 4.79 Å². The summed E-state index contributed by atoms with van der Waals surface area (Å²) in [4.78, 5) is 20.0. The molecule has 42 heavy (non-hydrogen) atoms. The van der Waals surface area contributed by atoms with Crippen LogP contribution < -0.4 is 14.9 Å². The van der Waals surface area contributed by atoms with E-state index in [1.165, 1.54) is 24.3 Å². The summed E-state index contributed by atoms with van der Waals surface area (Å²) in [6, 6.07) is 13.1. The number of halogens is 4. The molecule has 2 fully saturated rings. The molecule has 0 atom stereocenters. The highest BCUT2D eigenvalue weighted by Crippen LogP contribution is 2.38. The van der Waals surface area contributed by atoms with Crippen LogP contribution in [-0.2, 0) is 27.5 Å². The number of carbonyl (C=O) groups excluding carboxylic acids is 1. The minimum absolute atomic E-state index is 0.0449. The molecule has 8 nitrogen and oxygen atoms in total. The summed E-state index contributed by atoms with van der Waals surface area (Å²) < 4.78 is 86.7. The minimum atomic E-state index is -4.46. The second kappa shape index (κ2) is 10.4. The number of carbonyl (C=O) groups is 1. The third kappa shape index (κ3) is 5.71. The highest BCUT2D eigenvalue weighted by Gasteiger charge is 2.53. The van der Waals surface area contributed by atoms with E-state index >= 15 is 0 Å². The van der Waals surface area contributed by atoms with Crippen LogP contribution in [0.1, 0.15) is 36.8 Å². The van der Waals surface area contributed by atoms with Crippen LogP contribution in [0.3, 0.4) is 0 Å². The molecule has 3 heterocycles. The standard InChI is InChI=1S/C29H26F4N4O4S/c30-22-7-8-24-20(15-22)16-26(41-24)42(39,40)36-28(9-10-28)27(38)34-17-18-13-23(35-25(14-18)37-11-1-2-12-37)19-3-5-21(6-4-19)29(31,32)33/h3-8,13-16,36H,1-2,9-12,17H2,(H,34,38). The number of anilines is 1. The van der Waals surface area contributed by atoms with Crippen molar-refractivity contribution < 1.29 is 35.2 Å². The Labute approximate surface area is 238 Å². The summed E-state index contributed by atoms with van der Waals surface area (Å²) in [6.45, 7) is 1.62. The number of sulfonamides is 1. The number of nitrogens with zero attached hydrogens (tertiary/aromatic N) is 2. The van der Waals surface area contributed by atoms with Gasteiger partial charge in [-0.25, -0.2) is 17.8 Å².